The van der Waals surface area contributed by atoms with Gasteiger partial charge in [0.15, 0.2) is 18.1 Å². The molecule has 1 heterocycles. The molecular formula is C21H14N3O4+. The smallest absolute Gasteiger partial charge is 0.286 e. The Morgan fingerprint density at radius 1 is 0.786 bits per heavy atom. The van der Waals surface area contributed by atoms with Gasteiger partial charge < -0.3 is 5.32 Å². The normalized spacial score (nSPS) is 13.3. The number of fused-ring (bicyclic) bond motifs is 1. The monoisotopic (exact) mass is 372 g/mol. The fourth-order valence-electron chi connectivity index (χ4n) is 3.08. The van der Waals surface area contributed by atoms with Gasteiger partial charge in [-0.1, -0.05) is 30.3 Å². The zero-order valence-electron chi connectivity index (χ0n) is 14.5. The van der Waals surface area contributed by atoms with Crippen LogP contribution in [0.4, 0.5) is 11.4 Å². The Morgan fingerprint density at radius 3 is 2.00 bits per heavy atom. The van der Waals surface area contributed by atoms with Crippen LogP contribution in [0, 0.1) is 10.1 Å². The maximum atomic E-state index is 13.1. The zero-order valence-corrected chi connectivity index (χ0v) is 14.5. The van der Waals surface area contributed by atoms with Gasteiger partial charge in [0, 0.05) is 41.1 Å². The van der Waals surface area contributed by atoms with Gasteiger partial charge >= 0.3 is 0 Å². The maximum absolute atomic E-state index is 13.1. The van der Waals surface area contributed by atoms with Crippen LogP contribution in [0.2, 0.25) is 0 Å². The summed E-state index contributed by atoms with van der Waals surface area (Å²) in [6.07, 6.45) is 3.37. The number of nitrogens with zero attached hydrogens (tertiary/aromatic N) is 2. The standard InChI is InChI=1S/C21H13N3O4/c25-20-16-6-2-3-7-17(16)21(26)19(23-12-4-1-5-13-23)18(20)22-14-8-10-15(11-9-14)24(27)28/h1-13H/p+1. The Labute approximate surface area is 159 Å². The molecule has 0 fully saturated rings. The number of pyridine rings is 1. The van der Waals surface area contributed by atoms with Crippen LogP contribution in [-0.2, 0) is 0 Å². The molecular weight excluding hydrogens is 358 g/mol. The highest BCUT2D eigenvalue weighted by Crippen LogP contribution is 2.28. The molecule has 3 aromatic rings. The predicted molar refractivity (Wildman–Crippen MR) is 102 cm³/mol. The summed E-state index contributed by atoms with van der Waals surface area (Å²) in [6.45, 7) is 0. The van der Waals surface area contributed by atoms with Crippen LogP contribution in [0.5, 0.6) is 0 Å². The summed E-state index contributed by atoms with van der Waals surface area (Å²) in [4.78, 5) is 36.6. The van der Waals surface area contributed by atoms with Crippen molar-refractivity contribution in [1.82, 2.24) is 0 Å². The third-order valence-electron chi connectivity index (χ3n) is 4.42. The van der Waals surface area contributed by atoms with Crippen LogP contribution in [0.25, 0.3) is 5.70 Å². The topological polar surface area (TPSA) is 93.2 Å². The lowest BCUT2D eigenvalue weighted by Gasteiger charge is -2.18. The van der Waals surface area contributed by atoms with Gasteiger partial charge in [-0.3, -0.25) is 19.7 Å². The molecule has 0 saturated heterocycles. The average molecular weight is 372 g/mol. The van der Waals surface area contributed by atoms with Crippen LogP contribution in [-0.4, -0.2) is 16.5 Å². The van der Waals surface area contributed by atoms with Gasteiger partial charge in [0.25, 0.3) is 17.2 Å². The fourth-order valence-corrected chi connectivity index (χ4v) is 3.08. The molecule has 1 aliphatic carbocycles. The van der Waals surface area contributed by atoms with Gasteiger partial charge in [-0.05, 0) is 12.1 Å². The van der Waals surface area contributed by atoms with E-state index in [1.165, 1.54) is 24.3 Å². The van der Waals surface area contributed by atoms with E-state index in [1.54, 1.807) is 53.4 Å². The van der Waals surface area contributed by atoms with E-state index in [-0.39, 0.29) is 28.6 Å². The first kappa shape index (κ1) is 17.3. The molecule has 0 unspecified atom stereocenters. The summed E-state index contributed by atoms with van der Waals surface area (Å²) in [5, 5.41) is 13.8. The van der Waals surface area contributed by atoms with E-state index in [0.29, 0.717) is 16.8 Å². The average Bonchev–Trinajstić information content (AvgIpc) is 2.73. The van der Waals surface area contributed by atoms with Gasteiger partial charge in [0.1, 0.15) is 0 Å². The number of Topliss-reactive ketones (excluding diaryl/α,β-unsaturated/α-hetero) is 2. The van der Waals surface area contributed by atoms with E-state index in [4.69, 9.17) is 0 Å². The molecule has 0 atom stereocenters. The lowest BCUT2D eigenvalue weighted by molar-refractivity contribution is -0.577. The summed E-state index contributed by atoms with van der Waals surface area (Å²) in [5.74, 6) is -0.601. The number of benzene rings is 2. The number of rotatable bonds is 4. The van der Waals surface area contributed by atoms with Gasteiger partial charge in [0.2, 0.25) is 5.78 Å². The number of non-ortho nitro benzene ring substituents is 1. The number of aromatic nitrogens is 1. The predicted octanol–water partition coefficient (Wildman–Crippen LogP) is 3.24. The first-order valence-corrected chi connectivity index (χ1v) is 8.47. The molecule has 1 N–H and O–H groups in total. The molecule has 2 aromatic carbocycles. The first-order valence-electron chi connectivity index (χ1n) is 8.47. The molecule has 0 aliphatic heterocycles. The van der Waals surface area contributed by atoms with Gasteiger partial charge in [0.05, 0.1) is 4.92 Å². The van der Waals surface area contributed by atoms with E-state index in [2.05, 4.69) is 5.32 Å². The number of carbonyl (C=O) groups excluding carboxylic acids is 2. The Hall–Kier alpha value is -4.13. The van der Waals surface area contributed by atoms with Gasteiger partial charge in [-0.25, -0.2) is 0 Å². The van der Waals surface area contributed by atoms with Crippen LogP contribution in [0.3, 0.4) is 0 Å². The molecule has 28 heavy (non-hydrogen) atoms. The Kier molecular flexibility index (Phi) is 4.25. The number of allylic oxidation sites excluding steroid dienone is 2. The van der Waals surface area contributed by atoms with Crippen LogP contribution < -0.4 is 9.88 Å². The van der Waals surface area contributed by atoms with Crippen molar-refractivity contribution >= 4 is 28.6 Å². The third-order valence-corrected chi connectivity index (χ3v) is 4.42. The number of carbonyl (C=O) groups is 2. The molecule has 0 amide bonds. The van der Waals surface area contributed by atoms with Crippen LogP contribution in [0.1, 0.15) is 20.7 Å². The van der Waals surface area contributed by atoms with Crippen molar-refractivity contribution in [3.05, 3.63) is 106 Å². The first-order chi connectivity index (χ1) is 13.6. The molecule has 136 valence electrons. The second kappa shape index (κ2) is 6.88. The quantitative estimate of drug-likeness (QED) is 0.431. The highest BCUT2D eigenvalue weighted by molar-refractivity contribution is 6.36. The summed E-state index contributed by atoms with van der Waals surface area (Å²) in [6, 6.07) is 17.6. The number of ketones is 2. The SMILES string of the molecule is O=C1C(Nc2ccc([N+](=O)[O-])cc2)=C([n+]2ccccc2)C(=O)c2ccccc21. The highest BCUT2D eigenvalue weighted by atomic mass is 16.6. The van der Waals surface area contributed by atoms with Gasteiger partial charge in [-0.2, -0.15) is 4.57 Å². The molecule has 0 radical (unpaired) electrons. The largest absolute Gasteiger partial charge is 0.347 e. The van der Waals surface area contributed by atoms with Crippen molar-refractivity contribution in [2.45, 2.75) is 0 Å². The number of hydrogen-bond acceptors (Lipinski definition) is 5. The molecule has 0 bridgehead atoms. The zero-order chi connectivity index (χ0) is 19.7. The molecule has 7 nitrogen and oxygen atoms in total. The third kappa shape index (κ3) is 2.95. The van der Waals surface area contributed by atoms with E-state index in [0.717, 1.165) is 0 Å². The van der Waals surface area contributed by atoms with Crippen molar-refractivity contribution in [3.63, 3.8) is 0 Å². The van der Waals surface area contributed by atoms with Crippen molar-refractivity contribution in [2.75, 3.05) is 5.32 Å². The van der Waals surface area contributed by atoms with Crippen molar-refractivity contribution in [2.24, 2.45) is 0 Å². The number of nitrogens with one attached hydrogen (secondary N) is 1. The van der Waals surface area contributed by atoms with E-state index < -0.39 is 4.92 Å². The number of nitro benzene ring substituents is 1. The fraction of sp³-hybridized carbons (Fsp3) is 0. The molecule has 1 aliphatic rings. The minimum absolute atomic E-state index is 0.0615. The minimum atomic E-state index is -0.500. The van der Waals surface area contributed by atoms with E-state index in [9.17, 15) is 19.7 Å². The molecule has 0 saturated carbocycles. The highest BCUT2D eigenvalue weighted by Gasteiger charge is 2.38. The Bertz CT molecular complexity index is 1140. The summed E-state index contributed by atoms with van der Waals surface area (Å²) < 4.78 is 1.59. The van der Waals surface area contributed by atoms with Crippen LogP contribution in [0.15, 0.2) is 84.8 Å². The van der Waals surface area contributed by atoms with E-state index in [1.807, 2.05) is 6.07 Å². The van der Waals surface area contributed by atoms with Crippen molar-refractivity contribution < 1.29 is 19.1 Å². The second-order valence-electron chi connectivity index (χ2n) is 6.14. The molecule has 7 heteroatoms. The molecule has 1 aromatic heterocycles. The summed E-state index contributed by atoms with van der Waals surface area (Å²) >= 11 is 0. The maximum Gasteiger partial charge on any atom is 0.286 e. The van der Waals surface area contributed by atoms with Crippen LogP contribution >= 0.6 is 0 Å². The lowest BCUT2D eigenvalue weighted by atomic mass is 9.90. The Morgan fingerprint density at radius 2 is 1.39 bits per heavy atom. The number of nitro groups is 1. The second-order valence-corrected chi connectivity index (χ2v) is 6.14. The Balaban J connectivity index is 1.85. The van der Waals surface area contributed by atoms with Crippen molar-refractivity contribution in [3.8, 4) is 0 Å². The minimum Gasteiger partial charge on any atom is -0.347 e. The van der Waals surface area contributed by atoms with E-state index >= 15 is 0 Å². The molecule has 0 spiro atoms. The molecule has 4 rings (SSSR count). The summed E-state index contributed by atoms with van der Waals surface area (Å²) in [7, 11) is 0. The van der Waals surface area contributed by atoms with Gasteiger partial charge in [-0.15, -0.1) is 0 Å². The number of anilines is 1. The van der Waals surface area contributed by atoms with Crippen molar-refractivity contribution in [1.29, 1.82) is 0 Å². The lowest BCUT2D eigenvalue weighted by Crippen LogP contribution is -2.41. The summed E-state index contributed by atoms with van der Waals surface area (Å²) in [5.41, 5.74) is 1.38. The number of hydrogen-bond donors (Lipinski definition) is 1.